The molecule has 0 rings (SSSR count). The van der Waals surface area contributed by atoms with Crippen LogP contribution in [0.5, 0.6) is 0 Å². The number of amides is 1. The molecule has 0 fully saturated rings. The molecule has 0 aromatic heterocycles. The Hall–Kier alpha value is -1.24. The molecular formula is C6H10N2O2. The highest BCUT2D eigenvalue weighted by atomic mass is 16.6. The molecule has 2 N–H and O–H groups in total. The second-order valence-electron chi connectivity index (χ2n) is 2.06. The minimum atomic E-state index is -0.838. The SMILES string of the molecule is CC(C#N)C(C)OC(N)=O. The summed E-state index contributed by atoms with van der Waals surface area (Å²) < 4.78 is 4.52. The third-order valence-corrected chi connectivity index (χ3v) is 1.21. The molecular weight excluding hydrogens is 132 g/mol. The molecule has 0 aliphatic carbocycles. The van der Waals surface area contributed by atoms with Crippen molar-refractivity contribution in [2.24, 2.45) is 11.7 Å². The van der Waals surface area contributed by atoms with E-state index in [1.807, 2.05) is 6.07 Å². The highest BCUT2D eigenvalue weighted by Crippen LogP contribution is 2.04. The largest absolute Gasteiger partial charge is 0.445 e. The lowest BCUT2D eigenvalue weighted by Crippen LogP contribution is -2.24. The van der Waals surface area contributed by atoms with Crippen LogP contribution in [0.4, 0.5) is 4.79 Å². The Morgan fingerprint density at radius 2 is 2.20 bits per heavy atom. The van der Waals surface area contributed by atoms with Crippen LogP contribution in [-0.2, 0) is 4.74 Å². The van der Waals surface area contributed by atoms with Crippen molar-refractivity contribution < 1.29 is 9.53 Å². The molecule has 1 amide bonds. The third kappa shape index (κ3) is 2.92. The lowest BCUT2D eigenvalue weighted by atomic mass is 10.1. The predicted octanol–water partition coefficient (Wildman–Crippen LogP) is 0.630. The van der Waals surface area contributed by atoms with Crippen LogP contribution in [0.25, 0.3) is 0 Å². The number of carbonyl (C=O) groups excluding carboxylic acids is 1. The summed E-state index contributed by atoms with van der Waals surface area (Å²) in [7, 11) is 0. The van der Waals surface area contributed by atoms with E-state index < -0.39 is 12.2 Å². The Morgan fingerprint density at radius 3 is 2.50 bits per heavy atom. The van der Waals surface area contributed by atoms with E-state index in [-0.39, 0.29) is 5.92 Å². The van der Waals surface area contributed by atoms with Crippen molar-refractivity contribution in [1.82, 2.24) is 0 Å². The first-order valence-electron chi connectivity index (χ1n) is 2.93. The number of hydrogen-bond acceptors (Lipinski definition) is 3. The van der Waals surface area contributed by atoms with Gasteiger partial charge in [-0.05, 0) is 13.8 Å². The normalized spacial score (nSPS) is 14.9. The van der Waals surface area contributed by atoms with Gasteiger partial charge in [0.2, 0.25) is 0 Å². The van der Waals surface area contributed by atoms with Crippen LogP contribution in [0.3, 0.4) is 0 Å². The fourth-order valence-electron chi connectivity index (χ4n) is 0.390. The molecule has 0 bridgehead atoms. The van der Waals surface area contributed by atoms with E-state index in [9.17, 15) is 4.79 Å². The first-order valence-corrected chi connectivity index (χ1v) is 2.93. The number of nitrogens with zero attached hydrogens (tertiary/aromatic N) is 1. The summed E-state index contributed by atoms with van der Waals surface area (Å²) in [6.45, 7) is 3.28. The van der Waals surface area contributed by atoms with Crippen LogP contribution in [0, 0.1) is 17.2 Å². The smallest absolute Gasteiger partial charge is 0.404 e. The van der Waals surface area contributed by atoms with E-state index in [2.05, 4.69) is 4.74 Å². The molecule has 10 heavy (non-hydrogen) atoms. The standard InChI is InChI=1S/C6H10N2O2/c1-4(3-7)5(2)10-6(8)9/h4-5H,1-2H3,(H2,8,9). The van der Waals surface area contributed by atoms with Gasteiger partial charge < -0.3 is 10.5 Å². The number of hydrogen-bond donors (Lipinski definition) is 1. The summed E-state index contributed by atoms with van der Waals surface area (Å²) in [5.74, 6) is -0.313. The van der Waals surface area contributed by atoms with Gasteiger partial charge in [0.15, 0.2) is 0 Å². The molecule has 0 aromatic carbocycles. The first kappa shape index (κ1) is 8.76. The van der Waals surface area contributed by atoms with Gasteiger partial charge in [0, 0.05) is 0 Å². The summed E-state index contributed by atoms with van der Waals surface area (Å²) in [6.07, 6.45) is -1.27. The number of ether oxygens (including phenoxy) is 1. The van der Waals surface area contributed by atoms with Gasteiger partial charge >= 0.3 is 6.09 Å². The number of nitriles is 1. The Balaban J connectivity index is 3.75. The van der Waals surface area contributed by atoms with Gasteiger partial charge in [-0.25, -0.2) is 4.79 Å². The van der Waals surface area contributed by atoms with Crippen molar-refractivity contribution in [3.63, 3.8) is 0 Å². The zero-order chi connectivity index (χ0) is 8.15. The summed E-state index contributed by atoms with van der Waals surface area (Å²) >= 11 is 0. The Kier molecular flexibility index (Phi) is 3.26. The van der Waals surface area contributed by atoms with Gasteiger partial charge in [0.25, 0.3) is 0 Å². The fraction of sp³-hybridized carbons (Fsp3) is 0.667. The quantitative estimate of drug-likeness (QED) is 0.614. The molecule has 0 radical (unpaired) electrons. The van der Waals surface area contributed by atoms with Crippen LogP contribution < -0.4 is 5.73 Å². The van der Waals surface area contributed by atoms with Gasteiger partial charge in [-0.2, -0.15) is 5.26 Å². The zero-order valence-electron chi connectivity index (χ0n) is 6.00. The molecule has 56 valence electrons. The van der Waals surface area contributed by atoms with Crippen LogP contribution >= 0.6 is 0 Å². The van der Waals surface area contributed by atoms with Gasteiger partial charge in [0.1, 0.15) is 6.10 Å². The minimum absolute atomic E-state index is 0.313. The number of nitrogens with two attached hydrogens (primary N) is 1. The summed E-state index contributed by atoms with van der Waals surface area (Å²) in [5, 5.41) is 8.34. The van der Waals surface area contributed by atoms with Gasteiger partial charge in [-0.3, -0.25) is 0 Å². The monoisotopic (exact) mass is 142 g/mol. The van der Waals surface area contributed by atoms with E-state index in [0.29, 0.717) is 0 Å². The molecule has 4 nitrogen and oxygen atoms in total. The lowest BCUT2D eigenvalue weighted by molar-refractivity contribution is 0.0987. The molecule has 0 aliphatic heterocycles. The Labute approximate surface area is 59.6 Å². The molecule has 0 saturated heterocycles. The van der Waals surface area contributed by atoms with E-state index >= 15 is 0 Å². The second kappa shape index (κ2) is 3.72. The highest BCUT2D eigenvalue weighted by Gasteiger charge is 2.13. The maximum absolute atomic E-state index is 10.1. The van der Waals surface area contributed by atoms with Gasteiger partial charge in [0.05, 0.1) is 12.0 Å². The molecule has 4 heteroatoms. The summed E-state index contributed by atoms with van der Waals surface area (Å²) in [4.78, 5) is 10.1. The number of carbonyl (C=O) groups is 1. The predicted molar refractivity (Wildman–Crippen MR) is 34.9 cm³/mol. The van der Waals surface area contributed by atoms with E-state index in [4.69, 9.17) is 11.0 Å². The summed E-state index contributed by atoms with van der Waals surface area (Å²) in [5.41, 5.74) is 4.72. The maximum atomic E-state index is 10.1. The minimum Gasteiger partial charge on any atom is -0.445 e. The van der Waals surface area contributed by atoms with Crippen molar-refractivity contribution in [3.05, 3.63) is 0 Å². The highest BCUT2D eigenvalue weighted by molar-refractivity contribution is 5.64. The molecule has 0 saturated carbocycles. The van der Waals surface area contributed by atoms with E-state index in [1.165, 1.54) is 0 Å². The molecule has 2 unspecified atom stereocenters. The molecule has 0 spiro atoms. The summed E-state index contributed by atoms with van der Waals surface area (Å²) in [6, 6.07) is 1.94. The Bertz CT molecular complexity index is 162. The molecule has 0 aromatic rings. The Morgan fingerprint density at radius 1 is 1.70 bits per heavy atom. The first-order chi connectivity index (χ1) is 4.57. The van der Waals surface area contributed by atoms with Gasteiger partial charge in [-0.15, -0.1) is 0 Å². The topological polar surface area (TPSA) is 76.1 Å². The van der Waals surface area contributed by atoms with Crippen LogP contribution in [0.2, 0.25) is 0 Å². The number of rotatable bonds is 2. The van der Waals surface area contributed by atoms with Crippen LogP contribution in [-0.4, -0.2) is 12.2 Å². The molecule has 0 heterocycles. The van der Waals surface area contributed by atoms with Crippen LogP contribution in [0.15, 0.2) is 0 Å². The third-order valence-electron chi connectivity index (χ3n) is 1.21. The van der Waals surface area contributed by atoms with Crippen molar-refractivity contribution in [2.45, 2.75) is 20.0 Å². The molecule has 2 atom stereocenters. The average molecular weight is 142 g/mol. The maximum Gasteiger partial charge on any atom is 0.404 e. The van der Waals surface area contributed by atoms with Crippen LogP contribution in [0.1, 0.15) is 13.8 Å². The fourth-order valence-corrected chi connectivity index (χ4v) is 0.390. The molecule has 0 aliphatic rings. The van der Waals surface area contributed by atoms with Crippen molar-refractivity contribution in [1.29, 1.82) is 5.26 Å². The second-order valence-corrected chi connectivity index (χ2v) is 2.06. The van der Waals surface area contributed by atoms with Crippen molar-refractivity contribution in [2.75, 3.05) is 0 Å². The van der Waals surface area contributed by atoms with Gasteiger partial charge in [-0.1, -0.05) is 0 Å². The van der Waals surface area contributed by atoms with Crippen molar-refractivity contribution in [3.8, 4) is 6.07 Å². The van der Waals surface area contributed by atoms with E-state index in [1.54, 1.807) is 13.8 Å². The average Bonchev–Trinajstić information content (AvgIpc) is 1.85. The lowest BCUT2D eigenvalue weighted by Gasteiger charge is -2.11. The van der Waals surface area contributed by atoms with E-state index in [0.717, 1.165) is 0 Å². The number of primary amides is 1. The van der Waals surface area contributed by atoms with Crippen molar-refractivity contribution >= 4 is 6.09 Å². The zero-order valence-corrected chi connectivity index (χ0v) is 6.00.